The lowest BCUT2D eigenvalue weighted by Gasteiger charge is -2.18. The molecule has 0 aliphatic carbocycles. The lowest BCUT2D eigenvalue weighted by Crippen LogP contribution is -2.22. The Balaban J connectivity index is 1.68. The zero-order chi connectivity index (χ0) is 14.5. The van der Waals surface area contributed by atoms with E-state index in [1.807, 2.05) is 24.3 Å². The third kappa shape index (κ3) is 3.17. The molecular formula is C15H15N5O. The number of aromatic nitrogens is 2. The zero-order valence-corrected chi connectivity index (χ0v) is 11.4. The molecule has 3 rings (SSSR count). The lowest BCUT2D eigenvalue weighted by molar-refractivity contribution is 0.318. The number of fused-ring (bicyclic) bond motifs is 1. The molecule has 106 valence electrons. The topological polar surface area (TPSA) is 71.4 Å². The summed E-state index contributed by atoms with van der Waals surface area (Å²) < 4.78 is 5.54. The first-order valence-electron chi connectivity index (χ1n) is 6.59. The summed E-state index contributed by atoms with van der Waals surface area (Å²) in [6.45, 7) is 4.48. The Morgan fingerprint density at radius 2 is 2.19 bits per heavy atom. The van der Waals surface area contributed by atoms with Gasteiger partial charge in [-0.2, -0.15) is 5.10 Å². The van der Waals surface area contributed by atoms with Crippen LogP contribution in [-0.2, 0) is 0 Å². The van der Waals surface area contributed by atoms with E-state index in [-0.39, 0.29) is 0 Å². The summed E-state index contributed by atoms with van der Waals surface area (Å²) in [5.74, 6) is 1.33. The number of rotatable bonds is 4. The van der Waals surface area contributed by atoms with Crippen LogP contribution in [0.5, 0.6) is 5.75 Å². The van der Waals surface area contributed by atoms with E-state index >= 15 is 0 Å². The van der Waals surface area contributed by atoms with Crippen molar-refractivity contribution in [3.63, 3.8) is 0 Å². The third-order valence-corrected chi connectivity index (χ3v) is 2.92. The van der Waals surface area contributed by atoms with Gasteiger partial charge in [0.2, 0.25) is 0 Å². The second kappa shape index (κ2) is 6.04. The smallest absolute Gasteiger partial charge is 0.146 e. The highest BCUT2D eigenvalue weighted by atomic mass is 16.5. The van der Waals surface area contributed by atoms with Crippen molar-refractivity contribution >= 4 is 11.4 Å². The number of hydrogen-bond acceptors (Lipinski definition) is 6. The van der Waals surface area contributed by atoms with Gasteiger partial charge in [-0.1, -0.05) is 6.58 Å². The quantitative estimate of drug-likeness (QED) is 0.840. The van der Waals surface area contributed by atoms with Gasteiger partial charge in [0, 0.05) is 18.8 Å². The Morgan fingerprint density at radius 1 is 1.29 bits per heavy atom. The average molecular weight is 281 g/mol. The maximum absolute atomic E-state index is 5.54. The van der Waals surface area contributed by atoms with Crippen LogP contribution < -0.4 is 15.5 Å². The average Bonchev–Trinajstić information content (AvgIpc) is 2.54. The molecule has 6 heteroatoms. The minimum Gasteiger partial charge on any atom is -0.491 e. The highest BCUT2D eigenvalue weighted by Gasteiger charge is 2.17. The van der Waals surface area contributed by atoms with Crippen LogP contribution in [0.3, 0.4) is 0 Å². The number of ether oxygens (including phenoxy) is 1. The van der Waals surface area contributed by atoms with Crippen LogP contribution in [0, 0.1) is 0 Å². The van der Waals surface area contributed by atoms with E-state index in [2.05, 4.69) is 32.4 Å². The summed E-state index contributed by atoms with van der Waals surface area (Å²) in [4.78, 5) is 8.33. The van der Waals surface area contributed by atoms with Gasteiger partial charge < -0.3 is 10.1 Å². The molecule has 2 aromatic rings. The van der Waals surface area contributed by atoms with Crippen LogP contribution in [0.25, 0.3) is 0 Å². The van der Waals surface area contributed by atoms with Crippen molar-refractivity contribution in [3.05, 3.63) is 60.9 Å². The van der Waals surface area contributed by atoms with Gasteiger partial charge in [-0.25, -0.2) is 0 Å². The van der Waals surface area contributed by atoms with Crippen molar-refractivity contribution in [2.45, 2.75) is 6.42 Å². The molecule has 0 saturated carbocycles. The standard InChI is InChI=1S/C15H15N5O/c1-11(18-12-4-2-7-16-10-12)19-20-13-6-9-21-14-5-3-8-17-15(13)14/h2-5,7-8,10,18-19H,1,6,9H2/b20-13-. The molecule has 3 heterocycles. The van der Waals surface area contributed by atoms with Gasteiger partial charge in [-0.3, -0.25) is 15.4 Å². The molecule has 0 bridgehead atoms. The van der Waals surface area contributed by atoms with Crippen molar-refractivity contribution in [2.75, 3.05) is 11.9 Å². The fraction of sp³-hybridized carbons (Fsp3) is 0.133. The van der Waals surface area contributed by atoms with Gasteiger partial charge in [0.25, 0.3) is 0 Å². The Bertz CT molecular complexity index is 669. The van der Waals surface area contributed by atoms with Crippen molar-refractivity contribution in [2.24, 2.45) is 5.10 Å². The highest BCUT2D eigenvalue weighted by Crippen LogP contribution is 2.21. The molecule has 21 heavy (non-hydrogen) atoms. The normalized spacial score (nSPS) is 15.0. The number of pyridine rings is 2. The summed E-state index contributed by atoms with van der Waals surface area (Å²) in [6.07, 6.45) is 5.86. The minimum atomic E-state index is 0.569. The van der Waals surface area contributed by atoms with Crippen molar-refractivity contribution in [1.29, 1.82) is 0 Å². The molecule has 0 atom stereocenters. The second-order valence-corrected chi connectivity index (χ2v) is 4.46. The van der Waals surface area contributed by atoms with Crippen LogP contribution >= 0.6 is 0 Å². The summed E-state index contributed by atoms with van der Waals surface area (Å²) >= 11 is 0. The molecule has 0 radical (unpaired) electrons. The number of nitrogens with one attached hydrogen (secondary N) is 2. The fourth-order valence-electron chi connectivity index (χ4n) is 1.98. The molecule has 0 fully saturated rings. The van der Waals surface area contributed by atoms with Crippen molar-refractivity contribution < 1.29 is 4.74 Å². The monoisotopic (exact) mass is 281 g/mol. The molecule has 6 nitrogen and oxygen atoms in total. The van der Waals surface area contributed by atoms with E-state index in [9.17, 15) is 0 Å². The molecule has 0 unspecified atom stereocenters. The van der Waals surface area contributed by atoms with Crippen molar-refractivity contribution in [1.82, 2.24) is 15.4 Å². The molecule has 1 aliphatic heterocycles. The maximum Gasteiger partial charge on any atom is 0.146 e. The summed E-state index contributed by atoms with van der Waals surface area (Å²) in [5, 5.41) is 7.44. The molecule has 0 aromatic carbocycles. The first kappa shape index (κ1) is 13.1. The van der Waals surface area contributed by atoms with Gasteiger partial charge in [0.05, 0.1) is 24.2 Å². The fourth-order valence-corrected chi connectivity index (χ4v) is 1.98. The second-order valence-electron chi connectivity index (χ2n) is 4.46. The maximum atomic E-state index is 5.54. The van der Waals surface area contributed by atoms with Crippen LogP contribution in [-0.4, -0.2) is 22.3 Å². The number of anilines is 1. The molecule has 0 amide bonds. The Kier molecular flexibility index (Phi) is 3.77. The Labute approximate surface area is 122 Å². The largest absolute Gasteiger partial charge is 0.491 e. The van der Waals surface area contributed by atoms with E-state index in [0.717, 1.165) is 22.8 Å². The van der Waals surface area contributed by atoms with Gasteiger partial charge in [0.1, 0.15) is 17.3 Å². The molecule has 0 spiro atoms. The molecule has 2 N–H and O–H groups in total. The summed E-state index contributed by atoms with van der Waals surface area (Å²) in [7, 11) is 0. The number of nitrogens with zero attached hydrogens (tertiary/aromatic N) is 3. The number of hydrogen-bond donors (Lipinski definition) is 2. The van der Waals surface area contributed by atoms with Crippen LogP contribution in [0.1, 0.15) is 12.1 Å². The molecule has 0 saturated heterocycles. The first-order valence-corrected chi connectivity index (χ1v) is 6.59. The predicted octanol–water partition coefficient (Wildman–Crippen LogP) is 2.14. The van der Waals surface area contributed by atoms with Crippen molar-refractivity contribution in [3.8, 4) is 5.75 Å². The number of hydrazone groups is 1. The Hall–Kier alpha value is -2.89. The van der Waals surface area contributed by atoms with Gasteiger partial charge >= 0.3 is 0 Å². The van der Waals surface area contributed by atoms with Gasteiger partial charge in [-0.15, -0.1) is 0 Å². The van der Waals surface area contributed by atoms with Crippen LogP contribution in [0.4, 0.5) is 5.69 Å². The van der Waals surface area contributed by atoms with Gasteiger partial charge in [0.15, 0.2) is 0 Å². The predicted molar refractivity (Wildman–Crippen MR) is 81.0 cm³/mol. The summed E-state index contributed by atoms with van der Waals surface area (Å²) in [6, 6.07) is 7.48. The molecule has 2 aromatic heterocycles. The third-order valence-electron chi connectivity index (χ3n) is 2.92. The van der Waals surface area contributed by atoms with E-state index < -0.39 is 0 Å². The van der Waals surface area contributed by atoms with Crippen LogP contribution in [0.15, 0.2) is 60.4 Å². The van der Waals surface area contributed by atoms with Gasteiger partial charge in [-0.05, 0) is 24.3 Å². The van der Waals surface area contributed by atoms with E-state index in [0.29, 0.717) is 18.8 Å². The Morgan fingerprint density at radius 3 is 3.05 bits per heavy atom. The van der Waals surface area contributed by atoms with E-state index in [4.69, 9.17) is 4.74 Å². The lowest BCUT2D eigenvalue weighted by atomic mass is 10.1. The minimum absolute atomic E-state index is 0.569. The molecular weight excluding hydrogens is 266 g/mol. The van der Waals surface area contributed by atoms with E-state index in [1.54, 1.807) is 18.6 Å². The molecule has 1 aliphatic rings. The van der Waals surface area contributed by atoms with Crippen LogP contribution in [0.2, 0.25) is 0 Å². The zero-order valence-electron chi connectivity index (χ0n) is 11.4. The summed E-state index contributed by atoms with van der Waals surface area (Å²) in [5.41, 5.74) is 5.37. The highest BCUT2D eigenvalue weighted by molar-refractivity contribution is 6.01. The van der Waals surface area contributed by atoms with E-state index in [1.165, 1.54) is 0 Å². The first-order chi connectivity index (χ1) is 10.3. The SMILES string of the molecule is C=C(N/N=C1/CCOc2cccnc21)Nc1cccnc1.